The minimum Gasteiger partial charge on any atom is -0.495 e. The van der Waals surface area contributed by atoms with Crippen LogP contribution in [0.15, 0.2) is 45.3 Å². The van der Waals surface area contributed by atoms with Gasteiger partial charge in [0.2, 0.25) is 0 Å². The molecule has 0 radical (unpaired) electrons. The number of anilines is 1. The number of nitrogens with one attached hydrogen (secondary N) is 1. The fraction of sp³-hybridized carbons (Fsp3) is 0.143. The summed E-state index contributed by atoms with van der Waals surface area (Å²) in [6.45, 7) is 0.638. The fourth-order valence-corrected chi connectivity index (χ4v) is 2.78. The Kier molecular flexibility index (Phi) is 5.13. The molecule has 100 valence electrons. The highest BCUT2D eigenvalue weighted by Gasteiger charge is 2.05. The molecule has 0 aliphatic heterocycles. The molecule has 0 fully saturated rings. The molecule has 2 aromatic carbocycles. The van der Waals surface area contributed by atoms with E-state index in [0.717, 1.165) is 31.0 Å². The average Bonchev–Trinajstić information content (AvgIpc) is 2.38. The molecule has 0 heterocycles. The summed E-state index contributed by atoms with van der Waals surface area (Å²) in [5.74, 6) is 0.802. The first-order valence-electron chi connectivity index (χ1n) is 5.61. The largest absolute Gasteiger partial charge is 0.495 e. The smallest absolute Gasteiger partial charge is 0.142 e. The van der Waals surface area contributed by atoms with Gasteiger partial charge in [-0.1, -0.05) is 49.5 Å². The minimum absolute atomic E-state index is 0.638. The van der Waals surface area contributed by atoms with Crippen LogP contribution in [0.1, 0.15) is 5.56 Å². The summed E-state index contributed by atoms with van der Waals surface area (Å²) in [6, 6.07) is 11.7. The highest BCUT2D eigenvalue weighted by Crippen LogP contribution is 2.29. The first kappa shape index (κ1) is 14.7. The van der Waals surface area contributed by atoms with Crippen molar-refractivity contribution in [2.75, 3.05) is 12.4 Å². The Bertz CT molecular complexity index is 590. The van der Waals surface area contributed by atoms with Crippen molar-refractivity contribution in [3.8, 4) is 5.75 Å². The zero-order chi connectivity index (χ0) is 13.8. The van der Waals surface area contributed by atoms with Crippen LogP contribution in [-0.4, -0.2) is 7.11 Å². The van der Waals surface area contributed by atoms with Gasteiger partial charge in [0.15, 0.2) is 0 Å². The number of methoxy groups -OCH3 is 1. The Hall–Kier alpha value is -0.710. The molecule has 1 N–H and O–H groups in total. The van der Waals surface area contributed by atoms with Crippen LogP contribution in [0.25, 0.3) is 0 Å². The molecule has 19 heavy (non-hydrogen) atoms. The molecule has 0 aromatic heterocycles. The third kappa shape index (κ3) is 3.88. The molecular formula is C14H12Br2ClNO. The number of benzene rings is 2. The predicted octanol–water partition coefficient (Wildman–Crippen LogP) is 5.49. The number of hydrogen-bond donors (Lipinski definition) is 1. The van der Waals surface area contributed by atoms with Crippen LogP contribution in [0.4, 0.5) is 5.69 Å². The minimum atomic E-state index is 0.638. The molecule has 0 amide bonds. The van der Waals surface area contributed by atoms with Crippen molar-refractivity contribution in [3.05, 3.63) is 55.9 Å². The van der Waals surface area contributed by atoms with E-state index < -0.39 is 0 Å². The van der Waals surface area contributed by atoms with Gasteiger partial charge in [0.05, 0.1) is 12.8 Å². The monoisotopic (exact) mass is 403 g/mol. The molecule has 0 saturated heterocycles. The Morgan fingerprint density at radius 3 is 2.47 bits per heavy atom. The molecule has 0 bridgehead atoms. The quantitative estimate of drug-likeness (QED) is 0.727. The second-order valence-electron chi connectivity index (χ2n) is 3.93. The van der Waals surface area contributed by atoms with E-state index in [2.05, 4.69) is 37.2 Å². The average molecular weight is 406 g/mol. The van der Waals surface area contributed by atoms with Gasteiger partial charge in [0.1, 0.15) is 5.75 Å². The molecule has 0 saturated carbocycles. The van der Waals surface area contributed by atoms with Crippen molar-refractivity contribution in [2.45, 2.75) is 6.54 Å². The van der Waals surface area contributed by atoms with Crippen molar-refractivity contribution in [2.24, 2.45) is 0 Å². The lowest BCUT2D eigenvalue weighted by Gasteiger charge is -2.12. The zero-order valence-electron chi connectivity index (χ0n) is 10.2. The van der Waals surface area contributed by atoms with E-state index in [4.69, 9.17) is 16.3 Å². The van der Waals surface area contributed by atoms with E-state index in [1.165, 1.54) is 0 Å². The van der Waals surface area contributed by atoms with Gasteiger partial charge < -0.3 is 10.1 Å². The van der Waals surface area contributed by atoms with Gasteiger partial charge in [-0.05, 0) is 35.9 Å². The molecular weight excluding hydrogens is 393 g/mol. The molecule has 2 nitrogen and oxygen atoms in total. The fourth-order valence-electron chi connectivity index (χ4n) is 1.67. The van der Waals surface area contributed by atoms with E-state index in [-0.39, 0.29) is 0 Å². The van der Waals surface area contributed by atoms with E-state index in [1.807, 2.05) is 36.4 Å². The molecule has 0 aliphatic rings. The Morgan fingerprint density at radius 2 is 1.79 bits per heavy atom. The molecule has 2 rings (SSSR count). The second kappa shape index (κ2) is 6.64. The number of rotatable bonds is 4. The third-order valence-corrected chi connectivity index (χ3v) is 3.98. The van der Waals surface area contributed by atoms with Gasteiger partial charge in [-0.25, -0.2) is 0 Å². The molecule has 5 heteroatoms. The second-order valence-corrected chi connectivity index (χ2v) is 6.17. The summed E-state index contributed by atoms with van der Waals surface area (Å²) < 4.78 is 7.29. The lowest BCUT2D eigenvalue weighted by atomic mass is 10.2. The summed E-state index contributed by atoms with van der Waals surface area (Å²) in [6.07, 6.45) is 0. The normalized spacial score (nSPS) is 10.3. The van der Waals surface area contributed by atoms with E-state index in [9.17, 15) is 0 Å². The van der Waals surface area contributed by atoms with Gasteiger partial charge >= 0.3 is 0 Å². The number of hydrogen-bond acceptors (Lipinski definition) is 2. The van der Waals surface area contributed by atoms with Crippen molar-refractivity contribution in [3.63, 3.8) is 0 Å². The third-order valence-electron chi connectivity index (χ3n) is 2.65. The van der Waals surface area contributed by atoms with Crippen LogP contribution < -0.4 is 10.1 Å². The lowest BCUT2D eigenvalue weighted by Crippen LogP contribution is -2.02. The van der Waals surface area contributed by atoms with Crippen LogP contribution in [0.2, 0.25) is 5.02 Å². The highest BCUT2D eigenvalue weighted by molar-refractivity contribution is 9.10. The topological polar surface area (TPSA) is 21.3 Å². The summed E-state index contributed by atoms with van der Waals surface area (Å²) in [4.78, 5) is 0. The lowest BCUT2D eigenvalue weighted by molar-refractivity contribution is 0.416. The summed E-state index contributed by atoms with van der Waals surface area (Å²) >= 11 is 13.0. The maximum Gasteiger partial charge on any atom is 0.142 e. The molecule has 0 aliphatic carbocycles. The predicted molar refractivity (Wildman–Crippen MR) is 87.2 cm³/mol. The summed E-state index contributed by atoms with van der Waals surface area (Å²) in [5, 5.41) is 4.06. The first-order valence-corrected chi connectivity index (χ1v) is 7.58. The first-order chi connectivity index (χ1) is 9.10. The van der Waals surface area contributed by atoms with Gasteiger partial charge in [-0.15, -0.1) is 0 Å². The molecule has 2 aromatic rings. The van der Waals surface area contributed by atoms with E-state index in [0.29, 0.717) is 6.54 Å². The summed E-state index contributed by atoms with van der Waals surface area (Å²) in [7, 11) is 1.65. The molecule has 0 spiro atoms. The van der Waals surface area contributed by atoms with Crippen LogP contribution in [0.3, 0.4) is 0 Å². The molecule has 0 atom stereocenters. The van der Waals surface area contributed by atoms with Crippen molar-refractivity contribution < 1.29 is 4.74 Å². The SMILES string of the molecule is COc1ccc(Br)cc1NCc1ccc(Br)cc1Cl. The Balaban J connectivity index is 2.16. The van der Waals surface area contributed by atoms with Gasteiger partial charge in [0.25, 0.3) is 0 Å². The van der Waals surface area contributed by atoms with Crippen molar-refractivity contribution in [1.29, 1.82) is 0 Å². The maximum atomic E-state index is 6.19. The van der Waals surface area contributed by atoms with Gasteiger partial charge in [0, 0.05) is 20.5 Å². The number of halogens is 3. The highest BCUT2D eigenvalue weighted by atomic mass is 79.9. The van der Waals surface area contributed by atoms with Crippen LogP contribution in [0, 0.1) is 0 Å². The van der Waals surface area contributed by atoms with E-state index in [1.54, 1.807) is 7.11 Å². The van der Waals surface area contributed by atoms with Crippen LogP contribution in [-0.2, 0) is 6.54 Å². The van der Waals surface area contributed by atoms with Crippen molar-refractivity contribution in [1.82, 2.24) is 0 Å². The Morgan fingerprint density at radius 1 is 1.11 bits per heavy atom. The van der Waals surface area contributed by atoms with Crippen molar-refractivity contribution >= 4 is 49.1 Å². The molecule has 0 unspecified atom stereocenters. The van der Waals surface area contributed by atoms with Crippen LogP contribution in [0.5, 0.6) is 5.75 Å². The van der Waals surface area contributed by atoms with Crippen LogP contribution >= 0.6 is 43.5 Å². The zero-order valence-corrected chi connectivity index (χ0v) is 14.1. The van der Waals surface area contributed by atoms with Gasteiger partial charge in [-0.2, -0.15) is 0 Å². The number of ether oxygens (including phenoxy) is 1. The maximum absolute atomic E-state index is 6.19. The Labute approximate surface area is 134 Å². The standard InChI is InChI=1S/C14H12Br2ClNO/c1-19-14-5-4-11(16)7-13(14)18-8-9-2-3-10(15)6-12(9)17/h2-7,18H,8H2,1H3. The van der Waals surface area contributed by atoms with E-state index >= 15 is 0 Å². The van der Waals surface area contributed by atoms with Gasteiger partial charge in [-0.3, -0.25) is 0 Å². The summed E-state index contributed by atoms with van der Waals surface area (Å²) in [5.41, 5.74) is 1.96.